The van der Waals surface area contributed by atoms with Gasteiger partial charge >= 0.3 is 18.9 Å². The molecular weight excluding hydrogens is 201 g/mol. The number of rotatable bonds is 4. The Morgan fingerprint density at radius 1 is 1.25 bits per heavy atom. The molecule has 0 aromatic carbocycles. The first-order chi connectivity index (χ1) is 4.71. The van der Waals surface area contributed by atoms with Crippen LogP contribution in [0.15, 0.2) is 0 Å². The van der Waals surface area contributed by atoms with Crippen molar-refractivity contribution >= 4 is 20.1 Å². The van der Waals surface area contributed by atoms with E-state index in [1.54, 1.807) is 0 Å². The first-order valence-corrected chi connectivity index (χ1v) is 6.06. The molecule has 0 spiro atoms. The van der Waals surface area contributed by atoms with Gasteiger partial charge in [-0.3, -0.25) is 0 Å². The van der Waals surface area contributed by atoms with Gasteiger partial charge in [0.2, 0.25) is 10.0 Å². The van der Waals surface area contributed by atoms with Crippen molar-refractivity contribution in [2.45, 2.75) is 0 Å². The maximum absolute atomic E-state index is 10.3. The predicted octanol–water partition coefficient (Wildman–Crippen LogP) is -4.92. The Kier molecular flexibility index (Phi) is 6.48. The quantitative estimate of drug-likeness (QED) is 0.369. The Hall–Kier alpha value is 0.417. The van der Waals surface area contributed by atoms with E-state index in [1.807, 2.05) is 4.72 Å². The zero-order chi connectivity index (χ0) is 9.12. The predicted molar refractivity (Wildman–Crippen MR) is 37.4 cm³/mol. The standard InChI is InChI=1S/C3H9NO5S2.Li/c1-10(5,6)4-2-3-11(7,8)9;/h4H,2-3H2,1H3,(H,7,8,9);/q;+1/p-1. The van der Waals surface area contributed by atoms with Crippen molar-refractivity contribution in [2.75, 3.05) is 18.6 Å². The Morgan fingerprint density at radius 3 is 1.92 bits per heavy atom. The summed E-state index contributed by atoms with van der Waals surface area (Å²) < 4.78 is 52.3. The summed E-state index contributed by atoms with van der Waals surface area (Å²) in [6.45, 7) is -0.370. The van der Waals surface area contributed by atoms with Gasteiger partial charge in [-0.05, 0) is 0 Å². The van der Waals surface area contributed by atoms with Crippen LogP contribution in [0, 0.1) is 0 Å². The van der Waals surface area contributed by atoms with Gasteiger partial charge in [0.25, 0.3) is 0 Å². The molecule has 0 radical (unpaired) electrons. The van der Waals surface area contributed by atoms with E-state index in [9.17, 15) is 21.4 Å². The summed E-state index contributed by atoms with van der Waals surface area (Å²) >= 11 is 0. The Labute approximate surface area is 83.7 Å². The van der Waals surface area contributed by atoms with Crippen LogP contribution in [-0.2, 0) is 20.1 Å². The molecule has 0 unspecified atom stereocenters. The van der Waals surface area contributed by atoms with Gasteiger partial charge in [0.15, 0.2) is 0 Å². The molecule has 0 aliphatic rings. The Morgan fingerprint density at radius 2 is 1.67 bits per heavy atom. The number of hydrogen-bond donors (Lipinski definition) is 1. The van der Waals surface area contributed by atoms with Gasteiger partial charge in [-0.15, -0.1) is 0 Å². The second-order valence-electron chi connectivity index (χ2n) is 1.93. The van der Waals surface area contributed by atoms with Crippen LogP contribution in [-0.4, -0.2) is 39.9 Å². The van der Waals surface area contributed by atoms with Gasteiger partial charge < -0.3 is 4.55 Å². The fraction of sp³-hybridized carbons (Fsp3) is 1.00. The molecule has 0 aliphatic heterocycles. The minimum absolute atomic E-state index is 0. The molecule has 0 aliphatic carbocycles. The topological polar surface area (TPSA) is 103 Å². The molecule has 0 atom stereocenters. The molecule has 9 heteroatoms. The zero-order valence-electron chi connectivity index (χ0n) is 6.77. The smallest absolute Gasteiger partial charge is 0.748 e. The van der Waals surface area contributed by atoms with Crippen molar-refractivity contribution in [2.24, 2.45) is 0 Å². The van der Waals surface area contributed by atoms with E-state index in [2.05, 4.69) is 0 Å². The van der Waals surface area contributed by atoms with Crippen LogP contribution in [0.2, 0.25) is 0 Å². The third-order valence-electron chi connectivity index (χ3n) is 0.716. The molecule has 0 aromatic heterocycles. The van der Waals surface area contributed by atoms with Gasteiger partial charge in [0, 0.05) is 6.54 Å². The summed E-state index contributed by atoms with van der Waals surface area (Å²) in [5.74, 6) is -0.722. The summed E-state index contributed by atoms with van der Waals surface area (Å²) in [4.78, 5) is 0. The van der Waals surface area contributed by atoms with Crippen molar-refractivity contribution in [1.29, 1.82) is 0 Å². The average molecular weight is 209 g/mol. The molecule has 0 saturated carbocycles. The second-order valence-corrected chi connectivity index (χ2v) is 5.28. The third kappa shape index (κ3) is 13.0. The van der Waals surface area contributed by atoms with Crippen molar-refractivity contribution in [3.05, 3.63) is 0 Å². The summed E-state index contributed by atoms with van der Waals surface area (Å²) in [5.41, 5.74) is 0. The van der Waals surface area contributed by atoms with Gasteiger partial charge in [-0.2, -0.15) is 0 Å². The summed E-state index contributed by atoms with van der Waals surface area (Å²) in [5, 5.41) is 0. The normalized spacial score (nSPS) is 12.2. The number of nitrogens with one attached hydrogen (secondary N) is 1. The molecule has 0 fully saturated rings. The molecule has 68 valence electrons. The Balaban J connectivity index is 0. The van der Waals surface area contributed by atoms with Crippen LogP contribution in [0.5, 0.6) is 0 Å². The van der Waals surface area contributed by atoms with Crippen molar-refractivity contribution in [1.82, 2.24) is 4.72 Å². The molecule has 0 heterocycles. The average Bonchev–Trinajstić information content (AvgIpc) is 1.55. The van der Waals surface area contributed by atoms with Crippen LogP contribution < -0.4 is 23.6 Å². The summed E-state index contributed by atoms with van der Waals surface area (Å²) in [7, 11) is -7.72. The largest absolute Gasteiger partial charge is 1.00 e. The van der Waals surface area contributed by atoms with Crippen LogP contribution in [0.25, 0.3) is 0 Å². The molecule has 12 heavy (non-hydrogen) atoms. The van der Waals surface area contributed by atoms with Gasteiger partial charge in [0.05, 0.1) is 22.1 Å². The summed E-state index contributed by atoms with van der Waals surface area (Å²) in [6, 6.07) is 0. The van der Waals surface area contributed by atoms with Crippen molar-refractivity contribution < 1.29 is 40.2 Å². The molecule has 0 saturated heterocycles. The molecule has 0 aromatic rings. The van der Waals surface area contributed by atoms with E-state index in [0.29, 0.717) is 0 Å². The van der Waals surface area contributed by atoms with Crippen LogP contribution >= 0.6 is 0 Å². The maximum Gasteiger partial charge on any atom is 1.00 e. The first-order valence-electron chi connectivity index (χ1n) is 2.59. The van der Waals surface area contributed by atoms with Crippen LogP contribution in [0.3, 0.4) is 0 Å². The monoisotopic (exact) mass is 209 g/mol. The van der Waals surface area contributed by atoms with E-state index in [4.69, 9.17) is 0 Å². The van der Waals surface area contributed by atoms with Crippen LogP contribution in [0.1, 0.15) is 0 Å². The molecule has 0 rings (SSSR count). The van der Waals surface area contributed by atoms with Crippen molar-refractivity contribution in [3.8, 4) is 0 Å². The van der Waals surface area contributed by atoms with E-state index in [1.165, 1.54) is 0 Å². The first kappa shape index (κ1) is 14.9. The summed E-state index contributed by atoms with van der Waals surface area (Å²) in [6.07, 6.45) is 0.879. The minimum Gasteiger partial charge on any atom is -0.748 e. The molecule has 1 N–H and O–H groups in total. The van der Waals surface area contributed by atoms with Crippen molar-refractivity contribution in [3.63, 3.8) is 0 Å². The van der Waals surface area contributed by atoms with Gasteiger partial charge in [-0.25, -0.2) is 21.6 Å². The molecule has 6 nitrogen and oxygen atoms in total. The molecule has 0 bridgehead atoms. The third-order valence-corrected chi connectivity index (χ3v) is 2.15. The fourth-order valence-corrected chi connectivity index (χ4v) is 1.31. The van der Waals surface area contributed by atoms with E-state index in [0.717, 1.165) is 6.26 Å². The number of sulfonamides is 1. The second kappa shape index (κ2) is 5.21. The fourth-order valence-electron chi connectivity index (χ4n) is 0.352. The molecular formula is C3H8LiNO5S2. The minimum atomic E-state index is -4.32. The Bertz CT molecular complexity index is 274. The van der Waals surface area contributed by atoms with E-state index in [-0.39, 0.29) is 25.4 Å². The zero-order valence-corrected chi connectivity index (χ0v) is 8.40. The number of hydrogen-bond acceptors (Lipinski definition) is 5. The maximum atomic E-state index is 10.3. The SMILES string of the molecule is CS(=O)(=O)NCCS(=O)(=O)[O-].[Li+]. The van der Waals surface area contributed by atoms with E-state index >= 15 is 0 Å². The van der Waals surface area contributed by atoms with E-state index < -0.39 is 25.9 Å². The van der Waals surface area contributed by atoms with Gasteiger partial charge in [-0.1, -0.05) is 0 Å². The van der Waals surface area contributed by atoms with Crippen LogP contribution in [0.4, 0.5) is 0 Å². The van der Waals surface area contributed by atoms with Gasteiger partial charge in [0.1, 0.15) is 0 Å². The molecule has 0 amide bonds.